The molecule has 11 nitrogen and oxygen atoms in total. The summed E-state index contributed by atoms with van der Waals surface area (Å²) >= 11 is 0. The first kappa shape index (κ1) is 50.3. The number of phenols is 1. The fourth-order valence-electron chi connectivity index (χ4n) is 7.98. The van der Waals surface area contributed by atoms with Crippen molar-refractivity contribution in [1.29, 1.82) is 0 Å². The zero-order valence-electron chi connectivity index (χ0n) is 40.7. The molecule has 2 aliphatic rings. The van der Waals surface area contributed by atoms with Gasteiger partial charge in [-0.3, -0.25) is 9.59 Å². The Hall–Kier alpha value is -4.08. The van der Waals surface area contributed by atoms with Gasteiger partial charge in [0.15, 0.2) is 0 Å². The van der Waals surface area contributed by atoms with Crippen LogP contribution in [-0.4, -0.2) is 43.3 Å². The molecule has 4 aromatic carbocycles. The van der Waals surface area contributed by atoms with Gasteiger partial charge >= 0.3 is 17.2 Å². The number of hydrogen-bond donors (Lipinski definition) is 3. The Bertz CT molecular complexity index is 2050. The Morgan fingerprint density at radius 3 is 1.17 bits per heavy atom. The van der Waals surface area contributed by atoms with Crippen molar-refractivity contribution in [2.45, 2.75) is 137 Å². The van der Waals surface area contributed by atoms with Crippen LogP contribution in [0.5, 0.6) is 17.2 Å². The minimum absolute atomic E-state index is 0.0104. The Kier molecular flexibility index (Phi) is 15.5. The van der Waals surface area contributed by atoms with E-state index in [1.807, 2.05) is 24.3 Å². The summed E-state index contributed by atoms with van der Waals surface area (Å²) in [5, 5.41) is 17.0. The van der Waals surface area contributed by atoms with Crippen molar-refractivity contribution in [2.24, 2.45) is 5.41 Å². The molecule has 2 saturated heterocycles. The number of anilines is 2. The van der Waals surface area contributed by atoms with E-state index in [-0.39, 0.29) is 33.5 Å². The Morgan fingerprint density at radius 1 is 0.554 bits per heavy atom. The maximum atomic E-state index is 13.0. The topological polar surface area (TPSA) is 134 Å². The van der Waals surface area contributed by atoms with E-state index in [1.165, 1.54) is 22.3 Å². The summed E-state index contributed by atoms with van der Waals surface area (Å²) in [7, 11) is -3.27. The molecule has 0 atom stereocenters. The van der Waals surface area contributed by atoms with Crippen LogP contribution in [0.1, 0.15) is 135 Å². The van der Waals surface area contributed by atoms with Gasteiger partial charge in [-0.1, -0.05) is 107 Å². The maximum Gasteiger partial charge on any atom is 0.397 e. The SMILES string of the molecule is Cc1c(C(C)(C)C)cc(CCC(=O)Nc2ccc(OP3OCC4(CO3)COP(Oc3ccc(NC(=O)CCc5cc(C(C)(C)C)c(O)c(C(C)(C)C)c5)cc3)OC4)cc2)cc1C(C)(C)C. The van der Waals surface area contributed by atoms with E-state index in [9.17, 15) is 14.7 Å². The zero-order chi connectivity index (χ0) is 47.5. The highest BCUT2D eigenvalue weighted by molar-refractivity contribution is 7.42. The van der Waals surface area contributed by atoms with E-state index >= 15 is 0 Å². The van der Waals surface area contributed by atoms with Crippen LogP contribution in [0.2, 0.25) is 0 Å². The van der Waals surface area contributed by atoms with Gasteiger partial charge in [-0.25, -0.2) is 0 Å². The van der Waals surface area contributed by atoms with Crippen LogP contribution in [0.25, 0.3) is 0 Å². The second kappa shape index (κ2) is 20.0. The van der Waals surface area contributed by atoms with Crippen LogP contribution in [-0.2, 0) is 62.2 Å². The predicted molar refractivity (Wildman–Crippen MR) is 262 cm³/mol. The predicted octanol–water partition coefficient (Wildman–Crippen LogP) is 13.0. The summed E-state index contributed by atoms with van der Waals surface area (Å²) in [6.07, 6.45) is 1.88. The van der Waals surface area contributed by atoms with Gasteiger partial charge in [0.1, 0.15) is 17.2 Å². The first-order valence-electron chi connectivity index (χ1n) is 22.6. The van der Waals surface area contributed by atoms with Crippen LogP contribution in [0, 0.1) is 12.3 Å². The number of carbonyl (C=O) groups is 2. The molecular formula is C52H70N2O9P2. The third-order valence-electron chi connectivity index (χ3n) is 11.7. The Balaban J connectivity index is 0.905. The van der Waals surface area contributed by atoms with Crippen molar-refractivity contribution in [2.75, 3.05) is 37.1 Å². The summed E-state index contributed by atoms with van der Waals surface area (Å²) in [5.41, 5.74) is 8.36. The molecule has 0 radical (unpaired) electrons. The number of phenolic OH excluding ortho intramolecular Hbond substituents is 1. The second-order valence-corrected chi connectivity index (χ2v) is 24.0. The van der Waals surface area contributed by atoms with E-state index in [4.69, 9.17) is 27.1 Å². The number of aryl methyl sites for hydroxylation is 2. The molecule has 1 spiro atoms. The lowest BCUT2D eigenvalue weighted by atomic mass is 9.75. The van der Waals surface area contributed by atoms with Gasteiger partial charge in [0, 0.05) is 24.2 Å². The largest absolute Gasteiger partial charge is 0.507 e. The van der Waals surface area contributed by atoms with Gasteiger partial charge in [0.25, 0.3) is 0 Å². The first-order chi connectivity index (χ1) is 30.3. The van der Waals surface area contributed by atoms with E-state index in [2.05, 4.69) is 113 Å². The number of amides is 2. The molecular weight excluding hydrogens is 859 g/mol. The van der Waals surface area contributed by atoms with Gasteiger partial charge in [-0.15, -0.1) is 0 Å². The quantitative estimate of drug-likeness (QED) is 0.119. The fourth-order valence-corrected chi connectivity index (χ4v) is 10.4. The lowest BCUT2D eigenvalue weighted by molar-refractivity contribution is -0.117. The molecule has 0 aliphatic carbocycles. The van der Waals surface area contributed by atoms with Crippen molar-refractivity contribution >= 4 is 40.4 Å². The molecule has 3 N–H and O–H groups in total. The van der Waals surface area contributed by atoms with Gasteiger partial charge in [0.2, 0.25) is 11.8 Å². The van der Waals surface area contributed by atoms with Crippen molar-refractivity contribution in [3.8, 4) is 17.2 Å². The van der Waals surface area contributed by atoms with Crippen molar-refractivity contribution in [3.63, 3.8) is 0 Å². The minimum atomic E-state index is -1.64. The summed E-state index contributed by atoms with van der Waals surface area (Å²) in [6, 6.07) is 22.9. The molecule has 0 unspecified atom stereocenters. The van der Waals surface area contributed by atoms with Crippen LogP contribution in [0.15, 0.2) is 72.8 Å². The number of carbonyl (C=O) groups excluding carboxylic acids is 2. The van der Waals surface area contributed by atoms with Crippen LogP contribution < -0.4 is 19.7 Å². The summed E-state index contributed by atoms with van der Waals surface area (Å²) in [4.78, 5) is 26.0. The summed E-state index contributed by atoms with van der Waals surface area (Å²) < 4.78 is 36.0. The molecule has 13 heteroatoms. The molecule has 0 bridgehead atoms. The van der Waals surface area contributed by atoms with E-state index in [0.717, 1.165) is 16.7 Å². The highest BCUT2D eigenvalue weighted by atomic mass is 31.2. The molecule has 2 aliphatic heterocycles. The monoisotopic (exact) mass is 928 g/mol. The van der Waals surface area contributed by atoms with E-state index in [0.29, 0.717) is 80.7 Å². The van der Waals surface area contributed by atoms with Crippen LogP contribution >= 0.6 is 17.2 Å². The fraction of sp³-hybridized carbons (Fsp3) is 0.500. The molecule has 2 amide bonds. The minimum Gasteiger partial charge on any atom is -0.507 e. The average molecular weight is 929 g/mol. The highest BCUT2D eigenvalue weighted by Gasteiger charge is 2.45. The van der Waals surface area contributed by atoms with Crippen molar-refractivity contribution < 1.29 is 41.8 Å². The van der Waals surface area contributed by atoms with Crippen LogP contribution in [0.4, 0.5) is 11.4 Å². The van der Waals surface area contributed by atoms with Gasteiger partial charge in [0.05, 0.1) is 31.8 Å². The Morgan fingerprint density at radius 2 is 0.862 bits per heavy atom. The number of aromatic hydroxyl groups is 1. The summed E-state index contributed by atoms with van der Waals surface area (Å²) in [6.45, 7) is 29.5. The van der Waals surface area contributed by atoms with Gasteiger partial charge in [-0.2, -0.15) is 0 Å². The standard InChI is InChI=1S/C52H70N2O9P2/c1-34-41(48(2,3)4)26-35(27-42(34)49(5,6)7)14-24-45(55)53-37-16-20-39(21-17-37)62-64-58-30-52(31-59-64)32-60-65(61-33-52)63-40-22-18-38(19-23-40)54-46(56)25-15-36-28-43(50(8,9)10)47(57)44(29-36)51(11,12)13/h16-23,26-29,57H,14-15,24-25,30-33H2,1-13H3,(H,53,55)(H,54,56). The number of benzene rings is 4. The molecule has 0 saturated carbocycles. The molecule has 2 heterocycles. The number of nitrogens with one attached hydrogen (secondary N) is 2. The molecule has 4 aromatic rings. The second-order valence-electron chi connectivity index (χ2n) is 21.7. The third kappa shape index (κ3) is 13.5. The molecule has 65 heavy (non-hydrogen) atoms. The van der Waals surface area contributed by atoms with Crippen molar-refractivity contribution in [1.82, 2.24) is 0 Å². The van der Waals surface area contributed by atoms with E-state index in [1.54, 1.807) is 36.4 Å². The first-order valence-corrected chi connectivity index (χ1v) is 24.8. The maximum absolute atomic E-state index is 13.0. The van der Waals surface area contributed by atoms with Crippen LogP contribution in [0.3, 0.4) is 0 Å². The average Bonchev–Trinajstić information content (AvgIpc) is 3.21. The van der Waals surface area contributed by atoms with Gasteiger partial charge in [-0.05, 0) is 129 Å². The van der Waals surface area contributed by atoms with Crippen molar-refractivity contribution in [3.05, 3.63) is 112 Å². The lowest BCUT2D eigenvalue weighted by Gasteiger charge is -2.41. The molecule has 6 rings (SSSR count). The third-order valence-corrected chi connectivity index (χ3v) is 13.8. The smallest absolute Gasteiger partial charge is 0.397 e. The summed E-state index contributed by atoms with van der Waals surface area (Å²) in [5.74, 6) is 1.32. The zero-order valence-corrected chi connectivity index (χ0v) is 42.5. The highest BCUT2D eigenvalue weighted by Crippen LogP contribution is 2.53. The lowest BCUT2D eigenvalue weighted by Crippen LogP contribution is -2.45. The number of hydrogen-bond acceptors (Lipinski definition) is 9. The molecule has 2 fully saturated rings. The molecule has 352 valence electrons. The molecule has 0 aromatic heterocycles. The van der Waals surface area contributed by atoms with E-state index < -0.39 is 22.6 Å². The van der Waals surface area contributed by atoms with Gasteiger partial charge < -0.3 is 42.9 Å². The number of rotatable bonds is 12. The Labute approximate surface area is 389 Å². The normalized spacial score (nSPS) is 19.5.